The van der Waals surface area contributed by atoms with E-state index in [1.165, 1.54) is 30.3 Å². The molecule has 0 aromatic heterocycles. The average molecular weight is 278 g/mol. The normalized spacial score (nSPS) is 9.95. The zero-order valence-electron chi connectivity index (χ0n) is 9.58. The van der Waals surface area contributed by atoms with Crippen LogP contribution in [0, 0.1) is 10.1 Å². The number of nitro benzene ring substituents is 1. The minimum Gasteiger partial charge on any atom is -0.457 e. The van der Waals surface area contributed by atoms with Crippen molar-refractivity contribution in [1.82, 2.24) is 0 Å². The molecule has 0 amide bonds. The quantitative estimate of drug-likeness (QED) is 0.483. The van der Waals surface area contributed by atoms with Gasteiger partial charge in [0.05, 0.1) is 16.0 Å². The summed E-state index contributed by atoms with van der Waals surface area (Å²) in [5, 5.41) is 10.9. The topological polar surface area (TPSA) is 69.4 Å². The van der Waals surface area contributed by atoms with E-state index in [-0.39, 0.29) is 10.7 Å². The lowest BCUT2D eigenvalue weighted by Crippen LogP contribution is -1.90. The molecule has 0 radical (unpaired) electrons. The standard InChI is InChI=1S/C13H8ClNO4/c14-13-7-12(5-4-9(13)8-16)19-11-3-1-2-10(6-11)15(17)18/h1-8H. The van der Waals surface area contributed by atoms with Crippen LogP contribution in [-0.2, 0) is 0 Å². The molecule has 2 aromatic rings. The Morgan fingerprint density at radius 2 is 1.89 bits per heavy atom. The monoisotopic (exact) mass is 277 g/mol. The van der Waals surface area contributed by atoms with Gasteiger partial charge in [-0.2, -0.15) is 0 Å². The number of hydrogen-bond donors (Lipinski definition) is 0. The van der Waals surface area contributed by atoms with Crippen molar-refractivity contribution < 1.29 is 14.5 Å². The van der Waals surface area contributed by atoms with Crippen LogP contribution in [0.1, 0.15) is 10.4 Å². The molecule has 0 aliphatic carbocycles. The van der Waals surface area contributed by atoms with Crippen LogP contribution in [0.4, 0.5) is 5.69 Å². The number of benzene rings is 2. The Hall–Kier alpha value is -2.40. The summed E-state index contributed by atoms with van der Waals surface area (Å²) in [6.07, 6.45) is 0.638. The van der Waals surface area contributed by atoms with Gasteiger partial charge in [-0.3, -0.25) is 14.9 Å². The Morgan fingerprint density at radius 3 is 2.53 bits per heavy atom. The first-order chi connectivity index (χ1) is 9.10. The van der Waals surface area contributed by atoms with E-state index < -0.39 is 4.92 Å². The largest absolute Gasteiger partial charge is 0.457 e. The van der Waals surface area contributed by atoms with Crippen molar-refractivity contribution in [2.75, 3.05) is 0 Å². The minimum atomic E-state index is -0.505. The SMILES string of the molecule is O=Cc1ccc(Oc2cccc([N+](=O)[O-])c2)cc1Cl. The van der Waals surface area contributed by atoms with Gasteiger partial charge in [-0.15, -0.1) is 0 Å². The number of rotatable bonds is 4. The highest BCUT2D eigenvalue weighted by Gasteiger charge is 2.08. The van der Waals surface area contributed by atoms with Gasteiger partial charge in [-0.25, -0.2) is 0 Å². The average Bonchev–Trinajstić information content (AvgIpc) is 2.39. The lowest BCUT2D eigenvalue weighted by molar-refractivity contribution is -0.384. The molecule has 6 heteroatoms. The van der Waals surface area contributed by atoms with Crippen LogP contribution in [0.25, 0.3) is 0 Å². The third kappa shape index (κ3) is 3.08. The summed E-state index contributed by atoms with van der Waals surface area (Å²) in [6, 6.07) is 10.3. The van der Waals surface area contributed by atoms with E-state index in [0.29, 0.717) is 23.3 Å². The summed E-state index contributed by atoms with van der Waals surface area (Å²) in [6.45, 7) is 0. The second-order valence-corrected chi connectivity index (χ2v) is 4.06. The molecule has 2 aromatic carbocycles. The van der Waals surface area contributed by atoms with E-state index in [1.807, 2.05) is 0 Å². The van der Waals surface area contributed by atoms with Gasteiger partial charge in [0.15, 0.2) is 6.29 Å². The van der Waals surface area contributed by atoms with E-state index >= 15 is 0 Å². The van der Waals surface area contributed by atoms with Crippen molar-refractivity contribution in [2.45, 2.75) is 0 Å². The molecule has 5 nitrogen and oxygen atoms in total. The first kappa shape index (κ1) is 13.0. The molecule has 96 valence electrons. The van der Waals surface area contributed by atoms with Crippen LogP contribution in [0.3, 0.4) is 0 Å². The number of hydrogen-bond acceptors (Lipinski definition) is 4. The summed E-state index contributed by atoms with van der Waals surface area (Å²) < 4.78 is 5.44. The first-order valence-corrected chi connectivity index (χ1v) is 5.65. The number of carbonyl (C=O) groups excluding carboxylic acids is 1. The smallest absolute Gasteiger partial charge is 0.273 e. The molecule has 0 aliphatic heterocycles. The van der Waals surface area contributed by atoms with Gasteiger partial charge in [0, 0.05) is 17.7 Å². The number of ether oxygens (including phenoxy) is 1. The van der Waals surface area contributed by atoms with Crippen LogP contribution in [-0.4, -0.2) is 11.2 Å². The molecule has 2 rings (SSSR count). The van der Waals surface area contributed by atoms with Crippen LogP contribution in [0.2, 0.25) is 5.02 Å². The van der Waals surface area contributed by atoms with Crippen molar-refractivity contribution in [3.8, 4) is 11.5 Å². The number of non-ortho nitro benzene ring substituents is 1. The number of carbonyl (C=O) groups is 1. The molecular weight excluding hydrogens is 270 g/mol. The summed E-state index contributed by atoms with van der Waals surface area (Å²) in [5.41, 5.74) is 0.293. The second-order valence-electron chi connectivity index (χ2n) is 3.66. The molecule has 0 unspecified atom stereocenters. The fourth-order valence-corrected chi connectivity index (χ4v) is 1.68. The second kappa shape index (κ2) is 5.49. The van der Waals surface area contributed by atoms with Gasteiger partial charge in [0.1, 0.15) is 11.5 Å². The van der Waals surface area contributed by atoms with Gasteiger partial charge in [-0.05, 0) is 18.2 Å². The maximum absolute atomic E-state index is 10.6. The highest BCUT2D eigenvalue weighted by Crippen LogP contribution is 2.28. The molecule has 0 aliphatic rings. The number of halogens is 1. The first-order valence-electron chi connectivity index (χ1n) is 5.27. The van der Waals surface area contributed by atoms with E-state index in [2.05, 4.69) is 0 Å². The van der Waals surface area contributed by atoms with Crippen molar-refractivity contribution in [2.24, 2.45) is 0 Å². The van der Waals surface area contributed by atoms with Gasteiger partial charge < -0.3 is 4.74 Å². The van der Waals surface area contributed by atoms with E-state index in [1.54, 1.807) is 12.1 Å². The summed E-state index contributed by atoms with van der Waals surface area (Å²) in [5.74, 6) is 0.722. The van der Waals surface area contributed by atoms with Gasteiger partial charge in [0.25, 0.3) is 5.69 Å². The molecular formula is C13H8ClNO4. The van der Waals surface area contributed by atoms with E-state index in [4.69, 9.17) is 16.3 Å². The fourth-order valence-electron chi connectivity index (χ4n) is 1.46. The van der Waals surface area contributed by atoms with Crippen LogP contribution < -0.4 is 4.74 Å². The molecule has 19 heavy (non-hydrogen) atoms. The summed E-state index contributed by atoms with van der Waals surface area (Å²) >= 11 is 5.86. The minimum absolute atomic E-state index is 0.0619. The lowest BCUT2D eigenvalue weighted by Gasteiger charge is -2.06. The van der Waals surface area contributed by atoms with Crippen LogP contribution >= 0.6 is 11.6 Å². The Labute approximate surface area is 113 Å². The zero-order chi connectivity index (χ0) is 13.8. The predicted octanol–water partition coefficient (Wildman–Crippen LogP) is 3.85. The molecule has 0 N–H and O–H groups in total. The Morgan fingerprint density at radius 1 is 1.16 bits per heavy atom. The fraction of sp³-hybridized carbons (Fsp3) is 0. The zero-order valence-corrected chi connectivity index (χ0v) is 10.3. The maximum Gasteiger partial charge on any atom is 0.273 e. The molecule has 0 atom stereocenters. The molecule has 0 fully saturated rings. The van der Waals surface area contributed by atoms with Crippen molar-refractivity contribution in [3.63, 3.8) is 0 Å². The number of nitro groups is 1. The van der Waals surface area contributed by atoms with Crippen molar-refractivity contribution in [3.05, 3.63) is 63.2 Å². The summed E-state index contributed by atoms with van der Waals surface area (Å²) in [7, 11) is 0. The Bertz CT molecular complexity index is 642. The van der Waals surface area contributed by atoms with E-state index in [9.17, 15) is 14.9 Å². The number of nitrogens with zero attached hydrogens (tertiary/aromatic N) is 1. The lowest BCUT2D eigenvalue weighted by atomic mass is 10.2. The Balaban J connectivity index is 2.26. The number of aldehydes is 1. The van der Waals surface area contributed by atoms with Crippen molar-refractivity contribution >= 4 is 23.6 Å². The van der Waals surface area contributed by atoms with Gasteiger partial charge in [0.2, 0.25) is 0 Å². The molecule has 0 heterocycles. The Kier molecular flexibility index (Phi) is 3.77. The third-order valence-corrected chi connectivity index (χ3v) is 2.69. The van der Waals surface area contributed by atoms with E-state index in [0.717, 1.165) is 0 Å². The maximum atomic E-state index is 10.6. The molecule has 0 spiro atoms. The highest BCUT2D eigenvalue weighted by molar-refractivity contribution is 6.33. The van der Waals surface area contributed by atoms with Crippen molar-refractivity contribution in [1.29, 1.82) is 0 Å². The molecule has 0 saturated heterocycles. The predicted molar refractivity (Wildman–Crippen MR) is 70.0 cm³/mol. The molecule has 0 bridgehead atoms. The highest BCUT2D eigenvalue weighted by atomic mass is 35.5. The molecule has 0 saturated carbocycles. The van der Waals surface area contributed by atoms with Gasteiger partial charge in [-0.1, -0.05) is 17.7 Å². The van der Waals surface area contributed by atoms with Gasteiger partial charge >= 0.3 is 0 Å². The van der Waals surface area contributed by atoms with Crippen LogP contribution in [0.5, 0.6) is 11.5 Å². The summed E-state index contributed by atoms with van der Waals surface area (Å²) in [4.78, 5) is 20.7. The third-order valence-electron chi connectivity index (χ3n) is 2.36. The van der Waals surface area contributed by atoms with Crippen LogP contribution in [0.15, 0.2) is 42.5 Å².